The third-order valence-electron chi connectivity index (χ3n) is 7.19. The second-order valence-electron chi connectivity index (χ2n) is 8.57. The van der Waals surface area contributed by atoms with Crippen LogP contribution in [0.2, 0.25) is 0 Å². The Balaban J connectivity index is 0.00000113. The molecule has 1 aliphatic heterocycles. The molecule has 3 aliphatic carbocycles. The van der Waals surface area contributed by atoms with Gasteiger partial charge in [-0.2, -0.15) is 0 Å². The van der Waals surface area contributed by atoms with Crippen LogP contribution < -0.4 is 5.73 Å². The number of piperazine rings is 1. The highest BCUT2D eigenvalue weighted by atomic mass is 35.5. The lowest BCUT2D eigenvalue weighted by molar-refractivity contribution is -0.139. The average molecular weight is 392 g/mol. The molecule has 0 aromatic carbocycles. The number of carbonyl (C=O) groups is 1. The quantitative estimate of drug-likeness (QED) is 0.804. The number of hydrogen-bond acceptors (Lipinski definition) is 3. The summed E-state index contributed by atoms with van der Waals surface area (Å²) in [5.74, 6) is 2.63. The van der Waals surface area contributed by atoms with Crippen molar-refractivity contribution in [3.63, 3.8) is 0 Å². The van der Waals surface area contributed by atoms with Crippen molar-refractivity contribution in [2.24, 2.45) is 29.4 Å². The molecule has 146 valence electrons. The maximum absolute atomic E-state index is 12.9. The molecule has 4 aliphatic rings. The molecule has 4 unspecified atom stereocenters. The van der Waals surface area contributed by atoms with Gasteiger partial charge in [0.1, 0.15) is 0 Å². The topological polar surface area (TPSA) is 49.6 Å². The number of carbonyl (C=O) groups excluding carboxylic acids is 1. The smallest absolute Gasteiger partial charge is 0.227 e. The Morgan fingerprint density at radius 2 is 1.52 bits per heavy atom. The second kappa shape index (κ2) is 9.25. The van der Waals surface area contributed by atoms with E-state index in [9.17, 15) is 4.79 Å². The lowest BCUT2D eigenvalue weighted by atomic mass is 9.84. The Labute approximate surface area is 165 Å². The van der Waals surface area contributed by atoms with Crippen molar-refractivity contribution in [2.75, 3.05) is 32.7 Å². The molecule has 0 spiro atoms. The SMILES string of the molecule is Cl.Cl.NC1C2CCC(C2)C1C(=O)N1CCN(CC2CCCCC2)CC1. The zero-order chi connectivity index (χ0) is 15.8. The summed E-state index contributed by atoms with van der Waals surface area (Å²) >= 11 is 0. The molecule has 1 amide bonds. The molecule has 1 saturated heterocycles. The van der Waals surface area contributed by atoms with Crippen molar-refractivity contribution >= 4 is 30.7 Å². The maximum Gasteiger partial charge on any atom is 0.227 e. The number of nitrogens with two attached hydrogens (primary N) is 1. The van der Waals surface area contributed by atoms with Crippen LogP contribution in [0, 0.1) is 23.7 Å². The predicted octanol–water partition coefficient (Wildman–Crippen LogP) is 2.93. The summed E-state index contributed by atoms with van der Waals surface area (Å²) in [5, 5.41) is 0. The fraction of sp³-hybridized carbons (Fsp3) is 0.947. The summed E-state index contributed by atoms with van der Waals surface area (Å²) in [5.41, 5.74) is 6.36. The van der Waals surface area contributed by atoms with E-state index in [2.05, 4.69) is 9.80 Å². The fourth-order valence-corrected chi connectivity index (χ4v) is 5.80. The summed E-state index contributed by atoms with van der Waals surface area (Å²) in [4.78, 5) is 17.7. The molecule has 0 aromatic heterocycles. The zero-order valence-corrected chi connectivity index (χ0v) is 16.9. The van der Waals surface area contributed by atoms with Crippen molar-refractivity contribution < 1.29 is 4.79 Å². The zero-order valence-electron chi connectivity index (χ0n) is 15.3. The highest BCUT2D eigenvalue weighted by Gasteiger charge is 2.50. The van der Waals surface area contributed by atoms with Gasteiger partial charge >= 0.3 is 0 Å². The monoisotopic (exact) mass is 391 g/mol. The number of nitrogens with zero attached hydrogens (tertiary/aromatic N) is 2. The van der Waals surface area contributed by atoms with Crippen molar-refractivity contribution in [3.8, 4) is 0 Å². The summed E-state index contributed by atoms with van der Waals surface area (Å²) in [7, 11) is 0. The lowest BCUT2D eigenvalue weighted by Gasteiger charge is -2.39. The van der Waals surface area contributed by atoms with Gasteiger partial charge in [0.15, 0.2) is 0 Å². The molecule has 4 nitrogen and oxygen atoms in total. The van der Waals surface area contributed by atoms with Crippen LogP contribution >= 0.6 is 24.8 Å². The number of amides is 1. The van der Waals surface area contributed by atoms with Crippen LogP contribution in [0.4, 0.5) is 0 Å². The van der Waals surface area contributed by atoms with Gasteiger partial charge < -0.3 is 10.6 Å². The Morgan fingerprint density at radius 1 is 0.880 bits per heavy atom. The minimum absolute atomic E-state index is 0. The van der Waals surface area contributed by atoms with Gasteiger partial charge in [0.25, 0.3) is 0 Å². The van der Waals surface area contributed by atoms with Crippen LogP contribution in [-0.2, 0) is 4.79 Å². The van der Waals surface area contributed by atoms with E-state index >= 15 is 0 Å². The number of fused-ring (bicyclic) bond motifs is 2. The highest BCUT2D eigenvalue weighted by Crippen LogP contribution is 2.48. The predicted molar refractivity (Wildman–Crippen MR) is 106 cm³/mol. The molecule has 1 heterocycles. The van der Waals surface area contributed by atoms with Crippen molar-refractivity contribution in [3.05, 3.63) is 0 Å². The first kappa shape index (κ1) is 21.3. The first-order valence-electron chi connectivity index (χ1n) is 9.99. The molecular weight excluding hydrogens is 357 g/mol. The summed E-state index contributed by atoms with van der Waals surface area (Å²) in [6, 6.07) is 0.140. The standard InChI is InChI=1S/C19H33N3O.2ClH/c20-18-16-7-6-15(12-16)17(18)19(23)22-10-8-21(9-11-22)13-14-4-2-1-3-5-14;;/h14-18H,1-13,20H2;2*1H. The maximum atomic E-state index is 12.9. The summed E-state index contributed by atoms with van der Waals surface area (Å²) in [6.45, 7) is 5.24. The Bertz CT molecular complexity index is 434. The van der Waals surface area contributed by atoms with Gasteiger partial charge in [-0.3, -0.25) is 9.69 Å². The number of halogens is 2. The number of rotatable bonds is 3. The Morgan fingerprint density at radius 3 is 2.12 bits per heavy atom. The fourth-order valence-electron chi connectivity index (χ4n) is 5.80. The summed E-state index contributed by atoms with van der Waals surface area (Å²) in [6.07, 6.45) is 10.8. The van der Waals surface area contributed by atoms with Gasteiger partial charge in [0, 0.05) is 38.8 Å². The van der Waals surface area contributed by atoms with Crippen molar-refractivity contribution in [2.45, 2.75) is 57.4 Å². The Kier molecular flexibility index (Phi) is 7.87. The summed E-state index contributed by atoms with van der Waals surface area (Å²) < 4.78 is 0. The van der Waals surface area contributed by atoms with Crippen LogP contribution in [0.25, 0.3) is 0 Å². The van der Waals surface area contributed by atoms with Crippen LogP contribution in [-0.4, -0.2) is 54.5 Å². The second-order valence-corrected chi connectivity index (χ2v) is 8.57. The molecule has 6 heteroatoms. The van der Waals surface area contributed by atoms with Crippen molar-refractivity contribution in [1.29, 1.82) is 0 Å². The van der Waals surface area contributed by atoms with E-state index in [-0.39, 0.29) is 36.8 Å². The van der Waals surface area contributed by atoms with Gasteiger partial charge in [-0.15, -0.1) is 24.8 Å². The molecule has 4 atom stereocenters. The Hall–Kier alpha value is -0.0300. The van der Waals surface area contributed by atoms with E-state index in [1.54, 1.807) is 0 Å². The molecular formula is C19H35Cl2N3O. The van der Waals surface area contributed by atoms with E-state index in [0.29, 0.717) is 17.7 Å². The van der Waals surface area contributed by atoms with Crippen molar-refractivity contribution in [1.82, 2.24) is 9.80 Å². The largest absolute Gasteiger partial charge is 0.340 e. The van der Waals surface area contributed by atoms with Gasteiger partial charge in [-0.05, 0) is 49.9 Å². The molecule has 0 aromatic rings. The minimum atomic E-state index is 0. The molecule has 25 heavy (non-hydrogen) atoms. The van der Waals surface area contributed by atoms with Gasteiger partial charge in [-0.1, -0.05) is 19.3 Å². The van der Waals surface area contributed by atoms with E-state index in [1.807, 2.05) is 0 Å². The third-order valence-corrected chi connectivity index (χ3v) is 7.19. The van der Waals surface area contributed by atoms with E-state index in [4.69, 9.17) is 5.73 Å². The lowest BCUT2D eigenvalue weighted by Crippen LogP contribution is -2.54. The first-order valence-corrected chi connectivity index (χ1v) is 9.99. The molecule has 4 rings (SSSR count). The van der Waals surface area contributed by atoms with Crippen LogP contribution in [0.3, 0.4) is 0 Å². The van der Waals surface area contributed by atoms with E-state index < -0.39 is 0 Å². The van der Waals surface area contributed by atoms with Gasteiger partial charge in [0.2, 0.25) is 5.91 Å². The normalized spacial score (nSPS) is 36.0. The van der Waals surface area contributed by atoms with E-state index in [1.165, 1.54) is 57.9 Å². The molecule has 2 N–H and O–H groups in total. The van der Waals surface area contributed by atoms with Gasteiger partial charge in [0.05, 0.1) is 5.92 Å². The molecule has 4 fully saturated rings. The van der Waals surface area contributed by atoms with Crippen LogP contribution in [0.1, 0.15) is 51.4 Å². The minimum Gasteiger partial charge on any atom is -0.340 e. The third kappa shape index (κ3) is 4.45. The highest BCUT2D eigenvalue weighted by molar-refractivity contribution is 5.85. The molecule has 2 bridgehead atoms. The average Bonchev–Trinajstić information content (AvgIpc) is 3.17. The van der Waals surface area contributed by atoms with Crippen LogP contribution in [0.15, 0.2) is 0 Å². The molecule has 3 saturated carbocycles. The first-order chi connectivity index (χ1) is 11.2. The molecule has 0 radical (unpaired) electrons. The van der Waals surface area contributed by atoms with Crippen LogP contribution in [0.5, 0.6) is 0 Å². The van der Waals surface area contributed by atoms with E-state index in [0.717, 1.165) is 32.1 Å². The number of hydrogen-bond donors (Lipinski definition) is 1. The van der Waals surface area contributed by atoms with Gasteiger partial charge in [-0.25, -0.2) is 0 Å².